The second-order valence-electron chi connectivity index (χ2n) is 4.85. The smallest absolute Gasteiger partial charge is 0.309 e. The first-order chi connectivity index (χ1) is 9.00. The van der Waals surface area contributed by atoms with Crippen molar-refractivity contribution in [1.82, 2.24) is 5.32 Å². The molecule has 2 rings (SSSR count). The predicted molar refractivity (Wildman–Crippen MR) is 65.0 cm³/mol. The lowest BCUT2D eigenvalue weighted by atomic mass is 10.1. The van der Waals surface area contributed by atoms with E-state index in [2.05, 4.69) is 11.4 Å². The zero-order chi connectivity index (χ0) is 13.9. The van der Waals surface area contributed by atoms with Crippen molar-refractivity contribution in [2.24, 2.45) is 5.92 Å². The summed E-state index contributed by atoms with van der Waals surface area (Å²) in [5.74, 6) is 0.0226. The Kier molecular flexibility index (Phi) is 4.11. The molecule has 2 nitrogen and oxygen atoms in total. The maximum atomic E-state index is 12.4. The van der Waals surface area contributed by atoms with Gasteiger partial charge in [0.15, 0.2) is 0 Å². The molecule has 0 spiro atoms. The van der Waals surface area contributed by atoms with Crippen LogP contribution in [-0.4, -0.2) is 6.04 Å². The van der Waals surface area contributed by atoms with Crippen LogP contribution >= 0.6 is 0 Å². The maximum Gasteiger partial charge on any atom is 0.416 e. The summed E-state index contributed by atoms with van der Waals surface area (Å²) in [5.41, 5.74) is 0.170. The molecule has 102 valence electrons. The zero-order valence-electron chi connectivity index (χ0n) is 10.4. The molecule has 0 saturated heterocycles. The molecule has 0 bridgehead atoms. The summed E-state index contributed by atoms with van der Waals surface area (Å²) in [6.45, 7) is 0.501. The van der Waals surface area contributed by atoms with Gasteiger partial charge in [0.05, 0.1) is 17.6 Å². The van der Waals surface area contributed by atoms with Crippen LogP contribution in [0, 0.1) is 17.2 Å². The molecule has 19 heavy (non-hydrogen) atoms. The molecule has 5 heteroatoms. The number of hydrogen-bond donors (Lipinski definition) is 1. The second-order valence-corrected chi connectivity index (χ2v) is 4.85. The molecule has 0 amide bonds. The molecule has 1 aliphatic carbocycles. The third-order valence-electron chi connectivity index (χ3n) is 3.53. The number of halogens is 3. The largest absolute Gasteiger partial charge is 0.416 e. The van der Waals surface area contributed by atoms with Gasteiger partial charge in [-0.15, -0.1) is 0 Å². The van der Waals surface area contributed by atoms with Gasteiger partial charge in [-0.1, -0.05) is 18.6 Å². The van der Waals surface area contributed by atoms with Crippen molar-refractivity contribution in [2.75, 3.05) is 0 Å². The molecular weight excluding hydrogens is 253 g/mol. The van der Waals surface area contributed by atoms with E-state index in [0.29, 0.717) is 6.54 Å². The van der Waals surface area contributed by atoms with Crippen LogP contribution in [0.3, 0.4) is 0 Å². The van der Waals surface area contributed by atoms with E-state index in [9.17, 15) is 13.2 Å². The van der Waals surface area contributed by atoms with Crippen LogP contribution < -0.4 is 5.32 Å². The third kappa shape index (κ3) is 3.48. The average molecular weight is 268 g/mol. The van der Waals surface area contributed by atoms with Crippen molar-refractivity contribution in [3.05, 3.63) is 35.4 Å². The van der Waals surface area contributed by atoms with Crippen molar-refractivity contribution in [1.29, 1.82) is 5.26 Å². The van der Waals surface area contributed by atoms with E-state index in [4.69, 9.17) is 5.26 Å². The maximum absolute atomic E-state index is 12.4. The van der Waals surface area contributed by atoms with Gasteiger partial charge in [0, 0.05) is 12.6 Å². The Labute approximate surface area is 110 Å². The van der Waals surface area contributed by atoms with Gasteiger partial charge in [-0.2, -0.15) is 18.4 Å². The predicted octanol–water partition coefficient (Wildman–Crippen LogP) is 3.49. The SMILES string of the molecule is N#CC1CCCC1NCc1ccc(C(F)(F)F)cc1. The lowest BCUT2D eigenvalue weighted by Crippen LogP contribution is -2.31. The molecule has 1 saturated carbocycles. The van der Waals surface area contributed by atoms with Crippen LogP contribution in [0.4, 0.5) is 13.2 Å². The highest BCUT2D eigenvalue weighted by Crippen LogP contribution is 2.29. The Morgan fingerprint density at radius 3 is 2.47 bits per heavy atom. The first kappa shape index (κ1) is 13.9. The normalized spacial score (nSPS) is 23.3. The molecular formula is C14H15F3N2. The number of nitrogens with zero attached hydrogens (tertiary/aromatic N) is 1. The van der Waals surface area contributed by atoms with Gasteiger partial charge in [-0.05, 0) is 30.5 Å². The minimum Gasteiger partial charge on any atom is -0.309 e. The van der Waals surface area contributed by atoms with Crippen LogP contribution in [-0.2, 0) is 12.7 Å². The first-order valence-electron chi connectivity index (χ1n) is 6.30. The summed E-state index contributed by atoms with van der Waals surface area (Å²) >= 11 is 0. The van der Waals surface area contributed by atoms with Gasteiger partial charge >= 0.3 is 6.18 Å². The Balaban J connectivity index is 1.92. The Morgan fingerprint density at radius 2 is 1.89 bits per heavy atom. The second kappa shape index (κ2) is 5.62. The van der Waals surface area contributed by atoms with Crippen LogP contribution in [0.25, 0.3) is 0 Å². The van der Waals surface area contributed by atoms with Crippen LogP contribution in [0.1, 0.15) is 30.4 Å². The molecule has 2 unspecified atom stereocenters. The van der Waals surface area contributed by atoms with Crippen LogP contribution in [0.5, 0.6) is 0 Å². The zero-order valence-corrected chi connectivity index (χ0v) is 10.4. The van der Waals surface area contributed by atoms with E-state index in [1.165, 1.54) is 12.1 Å². The summed E-state index contributed by atoms with van der Waals surface area (Å²) in [5, 5.41) is 12.2. The van der Waals surface area contributed by atoms with Gasteiger partial charge in [0.1, 0.15) is 0 Å². The first-order valence-corrected chi connectivity index (χ1v) is 6.30. The van der Waals surface area contributed by atoms with Crippen molar-refractivity contribution in [2.45, 2.75) is 38.0 Å². The van der Waals surface area contributed by atoms with Gasteiger partial charge < -0.3 is 5.32 Å². The summed E-state index contributed by atoms with van der Waals surface area (Å²) < 4.78 is 37.2. The lowest BCUT2D eigenvalue weighted by Gasteiger charge is -2.15. The average Bonchev–Trinajstić information content (AvgIpc) is 2.83. The highest BCUT2D eigenvalue weighted by Gasteiger charge is 2.30. The summed E-state index contributed by atoms with van der Waals surface area (Å²) in [6.07, 6.45) is -1.40. The molecule has 0 aliphatic heterocycles. The van der Waals surface area contributed by atoms with Crippen molar-refractivity contribution < 1.29 is 13.2 Å². The van der Waals surface area contributed by atoms with Gasteiger partial charge in [0.2, 0.25) is 0 Å². The fourth-order valence-electron chi connectivity index (χ4n) is 2.42. The number of rotatable bonds is 3. The number of alkyl halides is 3. The van der Waals surface area contributed by atoms with Crippen molar-refractivity contribution in [3.8, 4) is 6.07 Å². The van der Waals surface area contributed by atoms with E-state index >= 15 is 0 Å². The van der Waals surface area contributed by atoms with E-state index in [1.807, 2.05) is 0 Å². The van der Waals surface area contributed by atoms with Gasteiger partial charge in [-0.3, -0.25) is 0 Å². The molecule has 1 fully saturated rings. The summed E-state index contributed by atoms with van der Waals surface area (Å²) in [4.78, 5) is 0. The number of nitrogens with one attached hydrogen (secondary N) is 1. The molecule has 1 aliphatic rings. The van der Waals surface area contributed by atoms with E-state index in [0.717, 1.165) is 37.0 Å². The third-order valence-corrected chi connectivity index (χ3v) is 3.53. The molecule has 1 aromatic carbocycles. The fourth-order valence-corrected chi connectivity index (χ4v) is 2.42. The van der Waals surface area contributed by atoms with Crippen LogP contribution in [0.15, 0.2) is 24.3 Å². The molecule has 2 atom stereocenters. The minimum atomic E-state index is -4.29. The molecule has 1 aromatic rings. The standard InChI is InChI=1S/C14H15F3N2/c15-14(16,17)12-6-4-10(5-7-12)9-19-13-3-1-2-11(13)8-18/h4-7,11,13,19H,1-3,9H2. The Hall–Kier alpha value is -1.54. The van der Waals surface area contributed by atoms with E-state index in [1.54, 1.807) is 0 Å². The lowest BCUT2D eigenvalue weighted by molar-refractivity contribution is -0.137. The number of benzene rings is 1. The minimum absolute atomic E-state index is 0.0226. The van der Waals surface area contributed by atoms with Gasteiger partial charge in [0.25, 0.3) is 0 Å². The Morgan fingerprint density at radius 1 is 1.21 bits per heavy atom. The monoisotopic (exact) mass is 268 g/mol. The highest BCUT2D eigenvalue weighted by molar-refractivity contribution is 5.24. The molecule has 0 aromatic heterocycles. The van der Waals surface area contributed by atoms with Crippen LogP contribution in [0.2, 0.25) is 0 Å². The van der Waals surface area contributed by atoms with E-state index < -0.39 is 11.7 Å². The number of nitriles is 1. The highest BCUT2D eigenvalue weighted by atomic mass is 19.4. The quantitative estimate of drug-likeness (QED) is 0.910. The fraction of sp³-hybridized carbons (Fsp3) is 0.500. The number of hydrogen-bond acceptors (Lipinski definition) is 2. The Bertz CT molecular complexity index is 459. The molecule has 1 N–H and O–H groups in total. The molecule has 0 heterocycles. The summed E-state index contributed by atoms with van der Waals surface area (Å²) in [6, 6.07) is 7.57. The van der Waals surface area contributed by atoms with Crippen molar-refractivity contribution in [3.63, 3.8) is 0 Å². The summed E-state index contributed by atoms with van der Waals surface area (Å²) in [7, 11) is 0. The van der Waals surface area contributed by atoms with Gasteiger partial charge in [-0.25, -0.2) is 0 Å². The molecule has 0 radical (unpaired) electrons. The topological polar surface area (TPSA) is 35.8 Å². The van der Waals surface area contributed by atoms with E-state index in [-0.39, 0.29) is 12.0 Å². The van der Waals surface area contributed by atoms with Crippen molar-refractivity contribution >= 4 is 0 Å².